The third-order valence-electron chi connectivity index (χ3n) is 5.56. The molecule has 0 spiro atoms. The van der Waals surface area contributed by atoms with Crippen molar-refractivity contribution in [3.8, 4) is 0 Å². The Labute approximate surface area is 170 Å². The van der Waals surface area contributed by atoms with Crippen LogP contribution in [0.25, 0.3) is 0 Å². The predicted octanol–water partition coefficient (Wildman–Crippen LogP) is 2.35. The molecule has 1 atom stereocenters. The van der Waals surface area contributed by atoms with Gasteiger partial charge in [-0.1, -0.05) is 24.3 Å². The molecule has 2 heterocycles. The number of carbonyl (C=O) groups excluding carboxylic acids is 1. The van der Waals surface area contributed by atoms with Crippen LogP contribution in [0.5, 0.6) is 0 Å². The molecular formula is C21H24FN3O3S. The van der Waals surface area contributed by atoms with Gasteiger partial charge in [0.25, 0.3) is 0 Å². The monoisotopic (exact) mass is 417 g/mol. The van der Waals surface area contributed by atoms with Crippen molar-refractivity contribution in [1.82, 2.24) is 14.7 Å². The molecule has 2 aromatic carbocycles. The summed E-state index contributed by atoms with van der Waals surface area (Å²) >= 11 is 0. The van der Waals surface area contributed by atoms with E-state index in [0.29, 0.717) is 24.5 Å². The summed E-state index contributed by atoms with van der Waals surface area (Å²) in [4.78, 5) is 19.1. The zero-order valence-corrected chi connectivity index (χ0v) is 17.1. The van der Waals surface area contributed by atoms with Crippen LogP contribution in [0.2, 0.25) is 0 Å². The molecule has 0 N–H and O–H groups in total. The van der Waals surface area contributed by atoms with Gasteiger partial charge in [-0.3, -0.25) is 4.90 Å². The van der Waals surface area contributed by atoms with E-state index >= 15 is 0 Å². The van der Waals surface area contributed by atoms with Crippen molar-refractivity contribution in [3.63, 3.8) is 0 Å². The number of hydrogen-bond acceptors (Lipinski definition) is 4. The lowest BCUT2D eigenvalue weighted by Gasteiger charge is -2.36. The van der Waals surface area contributed by atoms with Gasteiger partial charge in [0.2, 0.25) is 0 Å². The topological polar surface area (TPSA) is 60.9 Å². The molecule has 2 aromatic rings. The number of rotatable bonds is 5. The minimum atomic E-state index is -3.19. The van der Waals surface area contributed by atoms with E-state index in [9.17, 15) is 17.6 Å². The first-order valence-corrected chi connectivity index (χ1v) is 11.5. The number of nitrogens with zero attached hydrogens (tertiary/aromatic N) is 3. The van der Waals surface area contributed by atoms with Crippen molar-refractivity contribution in [1.29, 1.82) is 0 Å². The number of hydrogen-bond donors (Lipinski definition) is 0. The third kappa shape index (κ3) is 4.43. The highest BCUT2D eigenvalue weighted by Gasteiger charge is 2.40. The highest BCUT2D eigenvalue weighted by atomic mass is 32.2. The van der Waals surface area contributed by atoms with Gasteiger partial charge in [0.15, 0.2) is 9.84 Å². The van der Waals surface area contributed by atoms with E-state index in [-0.39, 0.29) is 17.9 Å². The number of halogens is 1. The molecular weight excluding hydrogens is 393 g/mol. The van der Waals surface area contributed by atoms with Crippen LogP contribution in [0.3, 0.4) is 0 Å². The van der Waals surface area contributed by atoms with Gasteiger partial charge in [-0.15, -0.1) is 0 Å². The van der Waals surface area contributed by atoms with E-state index in [4.69, 9.17) is 0 Å². The lowest BCUT2D eigenvalue weighted by Crippen LogP contribution is -2.51. The molecule has 2 fully saturated rings. The Morgan fingerprint density at radius 3 is 2.21 bits per heavy atom. The quantitative estimate of drug-likeness (QED) is 0.749. The van der Waals surface area contributed by atoms with Gasteiger partial charge in [-0.05, 0) is 35.4 Å². The lowest BCUT2D eigenvalue weighted by atomic mass is 10.1. The predicted molar refractivity (Wildman–Crippen MR) is 108 cm³/mol. The highest BCUT2D eigenvalue weighted by molar-refractivity contribution is 7.90. The Hall–Kier alpha value is -2.45. The second-order valence-corrected chi connectivity index (χ2v) is 9.80. The van der Waals surface area contributed by atoms with Crippen molar-refractivity contribution >= 4 is 15.9 Å². The Kier molecular flexibility index (Phi) is 5.31. The molecule has 2 aliphatic heterocycles. The normalized spacial score (nSPS) is 20.2. The first-order valence-electron chi connectivity index (χ1n) is 9.61. The molecule has 0 aliphatic carbocycles. The summed E-state index contributed by atoms with van der Waals surface area (Å²) in [5.41, 5.74) is 1.97. The van der Waals surface area contributed by atoms with Crippen LogP contribution in [-0.4, -0.2) is 67.6 Å². The van der Waals surface area contributed by atoms with Crippen LogP contribution < -0.4 is 0 Å². The van der Waals surface area contributed by atoms with Gasteiger partial charge in [-0.2, -0.15) is 0 Å². The van der Waals surface area contributed by atoms with Gasteiger partial charge in [0.1, 0.15) is 5.82 Å². The maximum Gasteiger partial charge on any atom is 0.320 e. The fourth-order valence-corrected chi connectivity index (χ4v) is 4.66. The van der Waals surface area contributed by atoms with E-state index in [2.05, 4.69) is 4.90 Å². The summed E-state index contributed by atoms with van der Waals surface area (Å²) in [6, 6.07) is 13.4. The Balaban J connectivity index is 1.37. The molecule has 0 radical (unpaired) electrons. The average molecular weight is 418 g/mol. The molecule has 8 heteroatoms. The minimum absolute atomic E-state index is 0.0384. The number of carbonyl (C=O) groups is 1. The average Bonchev–Trinajstić information content (AvgIpc) is 2.98. The second-order valence-electron chi connectivity index (χ2n) is 7.79. The molecule has 154 valence electrons. The van der Waals surface area contributed by atoms with Gasteiger partial charge < -0.3 is 9.80 Å². The number of urea groups is 1. The van der Waals surface area contributed by atoms with E-state index in [1.54, 1.807) is 24.3 Å². The number of sulfone groups is 1. The number of piperazine rings is 1. The minimum Gasteiger partial charge on any atom is -0.318 e. The molecule has 0 aromatic heterocycles. The first kappa shape index (κ1) is 19.8. The summed E-state index contributed by atoms with van der Waals surface area (Å²) < 4.78 is 36.3. The van der Waals surface area contributed by atoms with Crippen LogP contribution in [-0.2, 0) is 22.9 Å². The Morgan fingerprint density at radius 1 is 0.931 bits per heavy atom. The Bertz CT molecular complexity index is 993. The van der Waals surface area contributed by atoms with Gasteiger partial charge in [0.05, 0.1) is 10.9 Å². The number of amides is 2. The van der Waals surface area contributed by atoms with Crippen LogP contribution in [0.1, 0.15) is 11.1 Å². The third-order valence-corrected chi connectivity index (χ3v) is 6.69. The van der Waals surface area contributed by atoms with Crippen LogP contribution in [0.15, 0.2) is 53.4 Å². The molecule has 2 saturated heterocycles. The first-order chi connectivity index (χ1) is 13.8. The SMILES string of the molecule is CS(=O)(=O)c1ccc(CN2CCN3C(=O)N(Cc4ccc(F)cc4)C[C@H]3C2)cc1. The maximum absolute atomic E-state index is 13.1. The summed E-state index contributed by atoms with van der Waals surface area (Å²) in [5.74, 6) is -0.279. The zero-order chi connectivity index (χ0) is 20.6. The molecule has 0 saturated carbocycles. The standard InChI is InChI=1S/C21H24FN3O3S/c1-29(27,28)20-8-4-16(5-9-20)12-23-10-11-25-19(14-23)15-24(21(25)26)13-17-2-6-18(22)7-3-17/h2-9,19H,10-15H2,1H3/t19-/m1/s1. The van der Waals surface area contributed by atoms with Crippen molar-refractivity contribution in [2.75, 3.05) is 32.4 Å². The summed E-state index contributed by atoms with van der Waals surface area (Å²) in [5, 5.41) is 0. The number of benzene rings is 2. The van der Waals surface area contributed by atoms with E-state index in [1.807, 2.05) is 21.9 Å². The second kappa shape index (κ2) is 7.76. The van der Waals surface area contributed by atoms with E-state index in [1.165, 1.54) is 18.4 Å². The summed E-state index contributed by atoms with van der Waals surface area (Å²) in [6.45, 7) is 4.09. The van der Waals surface area contributed by atoms with Crippen molar-refractivity contribution in [2.45, 2.75) is 24.0 Å². The van der Waals surface area contributed by atoms with Crippen molar-refractivity contribution in [2.24, 2.45) is 0 Å². The number of fused-ring (bicyclic) bond motifs is 1. The molecule has 0 bridgehead atoms. The summed E-state index contributed by atoms with van der Waals surface area (Å²) in [6.07, 6.45) is 1.20. The molecule has 2 amide bonds. The molecule has 4 rings (SSSR count). The van der Waals surface area contributed by atoms with Gasteiger partial charge >= 0.3 is 6.03 Å². The van der Waals surface area contributed by atoms with Crippen molar-refractivity contribution in [3.05, 3.63) is 65.5 Å². The van der Waals surface area contributed by atoms with E-state index < -0.39 is 9.84 Å². The molecule has 0 unspecified atom stereocenters. The smallest absolute Gasteiger partial charge is 0.318 e. The lowest BCUT2D eigenvalue weighted by molar-refractivity contribution is 0.116. The molecule has 6 nitrogen and oxygen atoms in total. The maximum atomic E-state index is 13.1. The zero-order valence-electron chi connectivity index (χ0n) is 16.3. The Morgan fingerprint density at radius 2 is 1.55 bits per heavy atom. The molecule has 29 heavy (non-hydrogen) atoms. The van der Waals surface area contributed by atoms with Crippen LogP contribution in [0.4, 0.5) is 9.18 Å². The molecule has 2 aliphatic rings. The van der Waals surface area contributed by atoms with Gasteiger partial charge in [0, 0.05) is 45.5 Å². The van der Waals surface area contributed by atoms with E-state index in [0.717, 1.165) is 30.8 Å². The van der Waals surface area contributed by atoms with Crippen LogP contribution in [0, 0.1) is 5.82 Å². The summed E-state index contributed by atoms with van der Waals surface area (Å²) in [7, 11) is -3.19. The van der Waals surface area contributed by atoms with Crippen molar-refractivity contribution < 1.29 is 17.6 Å². The fraction of sp³-hybridized carbons (Fsp3) is 0.381. The fourth-order valence-electron chi connectivity index (χ4n) is 4.03. The van der Waals surface area contributed by atoms with Crippen LogP contribution >= 0.6 is 0 Å². The highest BCUT2D eigenvalue weighted by Crippen LogP contribution is 2.24. The largest absolute Gasteiger partial charge is 0.320 e. The van der Waals surface area contributed by atoms with Gasteiger partial charge in [-0.25, -0.2) is 17.6 Å².